The van der Waals surface area contributed by atoms with Crippen molar-refractivity contribution in [2.45, 2.75) is 50.2 Å². The quantitative estimate of drug-likeness (QED) is 0.662. The summed E-state index contributed by atoms with van der Waals surface area (Å²) < 4.78 is 0. The fraction of sp³-hybridized carbons (Fsp3) is 0.423. The molecule has 174 valence electrons. The van der Waals surface area contributed by atoms with Gasteiger partial charge in [0.15, 0.2) is 0 Å². The van der Waals surface area contributed by atoms with Crippen LogP contribution in [0, 0.1) is 0 Å². The minimum absolute atomic E-state index is 0.201. The number of nitrogens with zero attached hydrogens (tertiary/aromatic N) is 2. The van der Waals surface area contributed by atoms with E-state index in [1.54, 1.807) is 12.1 Å². The zero-order chi connectivity index (χ0) is 23.3. The SMILES string of the molecule is CON=C1C[C@@H](C(=O)NCC2(O)CCCCC2)N(C(=O)c2ccc(-c3ccccc3)cc2)C1. The molecule has 2 fully saturated rings. The normalized spacial score (nSPS) is 21.1. The third kappa shape index (κ3) is 5.42. The Bertz CT molecular complexity index is 998. The van der Waals surface area contributed by atoms with Crippen LogP contribution >= 0.6 is 0 Å². The number of aliphatic hydroxyl groups is 1. The summed E-state index contributed by atoms with van der Waals surface area (Å²) in [7, 11) is 1.45. The molecule has 0 bridgehead atoms. The first kappa shape index (κ1) is 23.0. The molecule has 2 aromatic rings. The van der Waals surface area contributed by atoms with Gasteiger partial charge in [-0.05, 0) is 36.1 Å². The summed E-state index contributed by atoms with van der Waals surface area (Å²) in [5.41, 5.74) is 2.38. The number of oxime groups is 1. The van der Waals surface area contributed by atoms with E-state index in [-0.39, 0.29) is 24.9 Å². The molecule has 7 heteroatoms. The second-order valence-electron chi connectivity index (χ2n) is 8.94. The minimum atomic E-state index is -0.863. The number of likely N-dealkylation sites (tertiary alicyclic amines) is 1. The lowest BCUT2D eigenvalue weighted by Gasteiger charge is -2.33. The lowest BCUT2D eigenvalue weighted by atomic mass is 9.85. The number of rotatable bonds is 6. The van der Waals surface area contributed by atoms with Crippen molar-refractivity contribution in [1.82, 2.24) is 10.2 Å². The molecule has 0 aromatic heterocycles. The Morgan fingerprint density at radius 1 is 1.06 bits per heavy atom. The smallest absolute Gasteiger partial charge is 0.254 e. The maximum atomic E-state index is 13.3. The first-order valence-electron chi connectivity index (χ1n) is 11.5. The molecule has 2 aliphatic rings. The van der Waals surface area contributed by atoms with Crippen molar-refractivity contribution in [1.29, 1.82) is 0 Å². The van der Waals surface area contributed by atoms with Crippen molar-refractivity contribution >= 4 is 17.5 Å². The fourth-order valence-electron chi connectivity index (χ4n) is 4.71. The number of benzene rings is 2. The molecule has 7 nitrogen and oxygen atoms in total. The van der Waals surface area contributed by atoms with Crippen molar-refractivity contribution in [2.24, 2.45) is 5.16 Å². The van der Waals surface area contributed by atoms with Crippen molar-refractivity contribution in [3.05, 3.63) is 60.2 Å². The van der Waals surface area contributed by atoms with E-state index in [9.17, 15) is 14.7 Å². The minimum Gasteiger partial charge on any atom is -0.399 e. The van der Waals surface area contributed by atoms with Crippen LogP contribution in [0.25, 0.3) is 11.1 Å². The van der Waals surface area contributed by atoms with Gasteiger partial charge in [0.25, 0.3) is 5.91 Å². The van der Waals surface area contributed by atoms with Gasteiger partial charge in [-0.2, -0.15) is 0 Å². The highest BCUT2D eigenvalue weighted by molar-refractivity contribution is 6.05. The number of hydrogen-bond donors (Lipinski definition) is 2. The molecule has 1 heterocycles. The van der Waals surface area contributed by atoms with E-state index < -0.39 is 11.6 Å². The van der Waals surface area contributed by atoms with E-state index in [1.165, 1.54) is 12.0 Å². The summed E-state index contributed by atoms with van der Waals surface area (Å²) in [6, 6.07) is 16.7. The molecular weight excluding hydrogens is 418 g/mol. The van der Waals surface area contributed by atoms with E-state index in [2.05, 4.69) is 10.5 Å². The Morgan fingerprint density at radius 2 is 1.73 bits per heavy atom. The molecule has 1 saturated carbocycles. The van der Waals surface area contributed by atoms with Crippen LogP contribution in [-0.4, -0.2) is 59.4 Å². The summed E-state index contributed by atoms with van der Waals surface area (Å²) >= 11 is 0. The third-order valence-electron chi connectivity index (χ3n) is 6.56. The molecule has 1 aliphatic heterocycles. The number of carbonyl (C=O) groups is 2. The van der Waals surface area contributed by atoms with Crippen LogP contribution in [0.3, 0.4) is 0 Å². The topological polar surface area (TPSA) is 91.2 Å². The Morgan fingerprint density at radius 3 is 2.39 bits per heavy atom. The van der Waals surface area contributed by atoms with Gasteiger partial charge in [0, 0.05) is 18.5 Å². The van der Waals surface area contributed by atoms with E-state index in [0.717, 1.165) is 30.4 Å². The van der Waals surface area contributed by atoms with Crippen LogP contribution < -0.4 is 5.32 Å². The average molecular weight is 450 g/mol. The molecule has 2 aromatic carbocycles. The first-order valence-corrected chi connectivity index (χ1v) is 11.5. The Hall–Kier alpha value is -3.19. The summed E-state index contributed by atoms with van der Waals surface area (Å²) in [4.78, 5) is 32.8. The van der Waals surface area contributed by atoms with E-state index in [1.807, 2.05) is 42.5 Å². The lowest BCUT2D eigenvalue weighted by Crippen LogP contribution is -2.50. The van der Waals surface area contributed by atoms with Gasteiger partial charge in [-0.15, -0.1) is 0 Å². The van der Waals surface area contributed by atoms with Crippen LogP contribution in [-0.2, 0) is 9.63 Å². The molecular formula is C26H31N3O4. The molecule has 2 amide bonds. The van der Waals surface area contributed by atoms with Gasteiger partial charge >= 0.3 is 0 Å². The largest absolute Gasteiger partial charge is 0.399 e. The second kappa shape index (κ2) is 10.2. The standard InChI is InChI=1S/C26H31N3O4/c1-33-28-22-16-23(24(30)27-18-26(32)14-6-3-7-15-26)29(17-22)25(31)21-12-10-20(11-13-21)19-8-4-2-5-9-19/h2,4-5,8-13,23,32H,3,6-7,14-18H2,1H3,(H,27,30)/t23-/m0/s1. The predicted octanol–water partition coefficient (Wildman–Crippen LogP) is 3.38. The van der Waals surface area contributed by atoms with Crippen LogP contribution in [0.2, 0.25) is 0 Å². The molecule has 1 aliphatic carbocycles. The van der Waals surface area contributed by atoms with Crippen molar-refractivity contribution in [3.63, 3.8) is 0 Å². The molecule has 33 heavy (non-hydrogen) atoms. The summed E-state index contributed by atoms with van der Waals surface area (Å²) in [5.74, 6) is -0.503. The van der Waals surface area contributed by atoms with Gasteiger partial charge in [0.1, 0.15) is 13.2 Å². The summed E-state index contributed by atoms with van der Waals surface area (Å²) in [6.45, 7) is 0.433. The van der Waals surface area contributed by atoms with E-state index in [0.29, 0.717) is 30.5 Å². The third-order valence-corrected chi connectivity index (χ3v) is 6.56. The van der Waals surface area contributed by atoms with E-state index in [4.69, 9.17) is 4.84 Å². The second-order valence-corrected chi connectivity index (χ2v) is 8.94. The maximum absolute atomic E-state index is 13.3. The number of nitrogens with one attached hydrogen (secondary N) is 1. The van der Waals surface area contributed by atoms with Crippen molar-refractivity contribution < 1.29 is 19.5 Å². The average Bonchev–Trinajstić information content (AvgIpc) is 3.27. The number of hydrogen-bond acceptors (Lipinski definition) is 5. The van der Waals surface area contributed by atoms with Crippen LogP contribution in [0.1, 0.15) is 48.9 Å². The van der Waals surface area contributed by atoms with Gasteiger partial charge < -0.3 is 20.2 Å². The highest BCUT2D eigenvalue weighted by atomic mass is 16.6. The Labute approximate surface area is 194 Å². The van der Waals surface area contributed by atoms with Gasteiger partial charge in [-0.3, -0.25) is 9.59 Å². The molecule has 1 saturated heterocycles. The summed E-state index contributed by atoms with van der Waals surface area (Å²) in [6.07, 6.45) is 4.72. The zero-order valence-corrected chi connectivity index (χ0v) is 19.0. The van der Waals surface area contributed by atoms with Gasteiger partial charge in [-0.1, -0.05) is 66.9 Å². The number of carbonyl (C=O) groups excluding carboxylic acids is 2. The molecule has 2 N–H and O–H groups in total. The molecule has 4 rings (SSSR count). The molecule has 0 spiro atoms. The Balaban J connectivity index is 1.48. The van der Waals surface area contributed by atoms with Crippen LogP contribution in [0.5, 0.6) is 0 Å². The highest BCUT2D eigenvalue weighted by Gasteiger charge is 2.39. The maximum Gasteiger partial charge on any atom is 0.254 e. The van der Waals surface area contributed by atoms with E-state index >= 15 is 0 Å². The molecule has 0 radical (unpaired) electrons. The number of amides is 2. The monoisotopic (exact) mass is 449 g/mol. The fourth-order valence-corrected chi connectivity index (χ4v) is 4.71. The molecule has 1 atom stereocenters. The van der Waals surface area contributed by atoms with Gasteiger partial charge in [0.2, 0.25) is 5.91 Å². The highest BCUT2D eigenvalue weighted by Crippen LogP contribution is 2.28. The predicted molar refractivity (Wildman–Crippen MR) is 127 cm³/mol. The van der Waals surface area contributed by atoms with Crippen molar-refractivity contribution in [3.8, 4) is 11.1 Å². The lowest BCUT2D eigenvalue weighted by molar-refractivity contribution is -0.126. The van der Waals surface area contributed by atoms with Crippen molar-refractivity contribution in [2.75, 3.05) is 20.2 Å². The van der Waals surface area contributed by atoms with Crippen LogP contribution in [0.15, 0.2) is 59.8 Å². The summed E-state index contributed by atoms with van der Waals surface area (Å²) in [5, 5.41) is 17.6. The zero-order valence-electron chi connectivity index (χ0n) is 19.0. The van der Waals surface area contributed by atoms with Gasteiger partial charge in [-0.25, -0.2) is 0 Å². The Kier molecular flexibility index (Phi) is 7.08. The van der Waals surface area contributed by atoms with Crippen LogP contribution in [0.4, 0.5) is 0 Å². The first-order chi connectivity index (χ1) is 16.0. The molecule has 0 unspecified atom stereocenters. The van der Waals surface area contributed by atoms with Gasteiger partial charge in [0.05, 0.1) is 17.9 Å².